The van der Waals surface area contributed by atoms with Gasteiger partial charge < -0.3 is 9.47 Å². The van der Waals surface area contributed by atoms with Gasteiger partial charge in [-0.1, -0.05) is 48.5 Å². The number of ether oxygens (including phenoxy) is 2. The Bertz CT molecular complexity index is 927. The van der Waals surface area contributed by atoms with E-state index in [0.29, 0.717) is 24.7 Å². The van der Waals surface area contributed by atoms with Gasteiger partial charge in [0.05, 0.1) is 18.1 Å². The maximum absolute atomic E-state index is 12.3. The van der Waals surface area contributed by atoms with Crippen LogP contribution >= 0.6 is 0 Å². The molecule has 0 aromatic heterocycles. The molecule has 0 aliphatic rings. The van der Waals surface area contributed by atoms with Crippen molar-refractivity contribution < 1.29 is 17.9 Å². The Morgan fingerprint density at radius 2 is 1.33 bits per heavy atom. The summed E-state index contributed by atoms with van der Waals surface area (Å²) < 4.78 is 38.3. The topological polar surface area (TPSA) is 64.6 Å². The summed E-state index contributed by atoms with van der Waals surface area (Å²) in [5.41, 5.74) is 1.05. The molecule has 0 unspecified atom stereocenters. The highest BCUT2D eigenvalue weighted by Gasteiger charge is 2.13. The lowest BCUT2D eigenvalue weighted by atomic mass is 10.2. The first-order valence-corrected chi connectivity index (χ1v) is 10.1. The normalized spacial score (nSPS) is 11.3. The molecule has 3 rings (SSSR count). The van der Waals surface area contributed by atoms with E-state index < -0.39 is 10.0 Å². The summed E-state index contributed by atoms with van der Waals surface area (Å²) in [6, 6.07) is 25.4. The maximum Gasteiger partial charge on any atom is 0.240 e. The molecule has 3 aromatic carbocycles. The molecule has 0 aliphatic carbocycles. The van der Waals surface area contributed by atoms with E-state index in [0.717, 1.165) is 5.56 Å². The lowest BCUT2D eigenvalue weighted by molar-refractivity contribution is 0.126. The molecule has 140 valence electrons. The van der Waals surface area contributed by atoms with E-state index >= 15 is 0 Å². The predicted octanol–water partition coefficient (Wildman–Crippen LogP) is 3.97. The maximum atomic E-state index is 12.3. The Labute approximate surface area is 159 Å². The highest BCUT2D eigenvalue weighted by atomic mass is 32.2. The Morgan fingerprint density at radius 3 is 2.00 bits per heavy atom. The van der Waals surface area contributed by atoms with Gasteiger partial charge in [-0.15, -0.1) is 0 Å². The van der Waals surface area contributed by atoms with Crippen LogP contribution in [0, 0.1) is 0 Å². The first kappa shape index (κ1) is 19.1. The molecule has 0 atom stereocenters. The molecule has 6 heteroatoms. The molecule has 0 saturated carbocycles. The fourth-order valence-corrected chi connectivity index (χ4v) is 3.42. The van der Waals surface area contributed by atoms with E-state index in [-0.39, 0.29) is 11.4 Å². The summed E-state index contributed by atoms with van der Waals surface area (Å²) >= 11 is 0. The third-order valence-corrected chi connectivity index (χ3v) is 5.24. The van der Waals surface area contributed by atoms with Gasteiger partial charge in [0.25, 0.3) is 0 Å². The highest BCUT2D eigenvalue weighted by Crippen LogP contribution is 2.22. The Hall–Kier alpha value is -2.67. The zero-order valence-electron chi connectivity index (χ0n) is 14.7. The minimum Gasteiger partial charge on any atom is -0.457 e. The fourth-order valence-electron chi connectivity index (χ4n) is 2.41. The van der Waals surface area contributed by atoms with Crippen molar-refractivity contribution in [2.75, 3.05) is 13.2 Å². The molecule has 0 bridgehead atoms. The molecule has 5 nitrogen and oxygen atoms in total. The number of hydrogen-bond acceptors (Lipinski definition) is 4. The zero-order valence-corrected chi connectivity index (χ0v) is 15.6. The lowest BCUT2D eigenvalue weighted by Gasteiger charge is -2.09. The highest BCUT2D eigenvalue weighted by molar-refractivity contribution is 7.89. The Balaban J connectivity index is 1.47. The van der Waals surface area contributed by atoms with Gasteiger partial charge in [-0.25, -0.2) is 13.1 Å². The van der Waals surface area contributed by atoms with E-state index in [1.807, 2.05) is 60.7 Å². The quantitative estimate of drug-likeness (QED) is 0.568. The van der Waals surface area contributed by atoms with Crippen LogP contribution in [0.15, 0.2) is 89.8 Å². The zero-order chi connectivity index (χ0) is 19.0. The third-order valence-electron chi connectivity index (χ3n) is 3.76. The van der Waals surface area contributed by atoms with Crippen LogP contribution in [0.2, 0.25) is 0 Å². The van der Waals surface area contributed by atoms with Gasteiger partial charge >= 0.3 is 0 Å². The largest absolute Gasteiger partial charge is 0.457 e. The summed E-state index contributed by atoms with van der Waals surface area (Å²) in [5, 5.41) is 0. The smallest absolute Gasteiger partial charge is 0.240 e. The second-order valence-corrected chi connectivity index (χ2v) is 7.59. The van der Waals surface area contributed by atoms with Gasteiger partial charge in [-0.05, 0) is 42.0 Å². The average molecular weight is 383 g/mol. The molecule has 3 aromatic rings. The molecular weight excluding hydrogens is 362 g/mol. The predicted molar refractivity (Wildman–Crippen MR) is 104 cm³/mol. The van der Waals surface area contributed by atoms with Crippen molar-refractivity contribution in [1.82, 2.24) is 4.72 Å². The lowest BCUT2D eigenvalue weighted by Crippen LogP contribution is -2.27. The fraction of sp³-hybridized carbons (Fsp3) is 0.143. The van der Waals surface area contributed by atoms with Crippen LogP contribution in [0.3, 0.4) is 0 Å². The van der Waals surface area contributed by atoms with Crippen molar-refractivity contribution in [3.8, 4) is 11.5 Å². The number of rotatable bonds is 9. The molecule has 0 saturated heterocycles. The van der Waals surface area contributed by atoms with Crippen LogP contribution in [0.25, 0.3) is 0 Å². The number of sulfonamides is 1. The molecule has 0 aliphatic heterocycles. The van der Waals surface area contributed by atoms with Crippen molar-refractivity contribution in [3.63, 3.8) is 0 Å². The van der Waals surface area contributed by atoms with E-state index in [9.17, 15) is 8.42 Å². The van der Waals surface area contributed by atoms with Crippen LogP contribution in [0.1, 0.15) is 5.56 Å². The molecular formula is C21H21NO4S. The van der Waals surface area contributed by atoms with Gasteiger partial charge in [0.1, 0.15) is 11.5 Å². The number of benzene rings is 3. The van der Waals surface area contributed by atoms with Crippen LogP contribution < -0.4 is 9.46 Å². The van der Waals surface area contributed by atoms with Crippen molar-refractivity contribution in [3.05, 3.63) is 90.5 Å². The van der Waals surface area contributed by atoms with Gasteiger partial charge in [0.2, 0.25) is 10.0 Å². The summed E-state index contributed by atoms with van der Waals surface area (Å²) in [7, 11) is -3.58. The Kier molecular flexibility index (Phi) is 6.59. The first-order valence-electron chi connectivity index (χ1n) is 8.58. The van der Waals surface area contributed by atoms with E-state index in [4.69, 9.17) is 9.47 Å². The molecule has 0 amide bonds. The summed E-state index contributed by atoms with van der Waals surface area (Å²) in [5.74, 6) is 1.27. The van der Waals surface area contributed by atoms with E-state index in [1.165, 1.54) is 12.1 Å². The van der Waals surface area contributed by atoms with Crippen LogP contribution in [-0.4, -0.2) is 21.6 Å². The van der Waals surface area contributed by atoms with Crippen LogP contribution in [-0.2, 0) is 21.4 Å². The number of nitrogens with one attached hydrogen (secondary N) is 1. The molecule has 0 spiro atoms. The molecule has 27 heavy (non-hydrogen) atoms. The van der Waals surface area contributed by atoms with Gasteiger partial charge in [-0.3, -0.25) is 0 Å². The van der Waals surface area contributed by atoms with Crippen molar-refractivity contribution in [1.29, 1.82) is 0 Å². The molecule has 0 heterocycles. The first-order chi connectivity index (χ1) is 13.1. The molecule has 0 fully saturated rings. The van der Waals surface area contributed by atoms with Crippen molar-refractivity contribution in [2.45, 2.75) is 11.5 Å². The van der Waals surface area contributed by atoms with Crippen molar-refractivity contribution in [2.24, 2.45) is 0 Å². The van der Waals surface area contributed by atoms with Crippen molar-refractivity contribution >= 4 is 10.0 Å². The summed E-state index contributed by atoms with van der Waals surface area (Å²) in [4.78, 5) is 0.186. The molecule has 0 radical (unpaired) electrons. The van der Waals surface area contributed by atoms with E-state index in [2.05, 4.69) is 4.72 Å². The van der Waals surface area contributed by atoms with Gasteiger partial charge in [0, 0.05) is 6.54 Å². The second-order valence-electron chi connectivity index (χ2n) is 5.82. The van der Waals surface area contributed by atoms with Gasteiger partial charge in [0.15, 0.2) is 0 Å². The molecule has 1 N–H and O–H groups in total. The summed E-state index contributed by atoms with van der Waals surface area (Å²) in [6.45, 7) is 0.953. The SMILES string of the molecule is O=S(=O)(NCCOCc1ccccc1)c1ccc(Oc2ccccc2)cc1. The van der Waals surface area contributed by atoms with Crippen LogP contribution in [0.4, 0.5) is 0 Å². The summed E-state index contributed by atoms with van der Waals surface area (Å²) in [6.07, 6.45) is 0. The third kappa shape index (κ3) is 5.92. The standard InChI is InChI=1S/C21H21NO4S/c23-27(24,22-15-16-25-17-18-7-3-1-4-8-18)21-13-11-20(12-14-21)26-19-9-5-2-6-10-19/h1-14,22H,15-17H2. The average Bonchev–Trinajstić information content (AvgIpc) is 2.70. The number of hydrogen-bond donors (Lipinski definition) is 1. The second kappa shape index (κ2) is 9.32. The minimum absolute atomic E-state index is 0.186. The number of para-hydroxylation sites is 1. The van der Waals surface area contributed by atoms with Crippen LogP contribution in [0.5, 0.6) is 11.5 Å². The monoisotopic (exact) mass is 383 g/mol. The Morgan fingerprint density at radius 1 is 0.741 bits per heavy atom. The minimum atomic E-state index is -3.58. The van der Waals surface area contributed by atoms with Gasteiger partial charge in [-0.2, -0.15) is 0 Å². The van der Waals surface area contributed by atoms with E-state index in [1.54, 1.807) is 12.1 Å².